The normalized spacial score (nSPS) is 10.3. The Hall–Kier alpha value is -3.41. The first-order valence-corrected chi connectivity index (χ1v) is 7.84. The fourth-order valence-electron chi connectivity index (χ4n) is 2.36. The molecule has 0 atom stereocenters. The lowest BCUT2D eigenvalue weighted by atomic mass is 10.1. The number of aromatic nitrogens is 2. The number of rotatable bonds is 5. The molecule has 25 heavy (non-hydrogen) atoms. The quantitative estimate of drug-likeness (QED) is 0.750. The molecule has 0 aliphatic heterocycles. The fourth-order valence-corrected chi connectivity index (χ4v) is 2.36. The van der Waals surface area contributed by atoms with Crippen LogP contribution in [0, 0.1) is 0 Å². The summed E-state index contributed by atoms with van der Waals surface area (Å²) in [5, 5.41) is 2.72. The van der Waals surface area contributed by atoms with Gasteiger partial charge in [-0.15, -0.1) is 0 Å². The highest BCUT2D eigenvalue weighted by atomic mass is 16.5. The van der Waals surface area contributed by atoms with Crippen molar-refractivity contribution in [3.63, 3.8) is 0 Å². The van der Waals surface area contributed by atoms with Gasteiger partial charge in [0.05, 0.1) is 6.61 Å². The van der Waals surface area contributed by atoms with Crippen molar-refractivity contribution in [3.8, 4) is 16.9 Å². The van der Waals surface area contributed by atoms with Crippen LogP contribution in [0.1, 0.15) is 17.3 Å². The summed E-state index contributed by atoms with van der Waals surface area (Å²) >= 11 is 0. The van der Waals surface area contributed by atoms with Crippen molar-refractivity contribution in [2.24, 2.45) is 0 Å². The highest BCUT2D eigenvalue weighted by Crippen LogP contribution is 2.19. The number of nitrogens with one attached hydrogen (secondary N) is 2. The summed E-state index contributed by atoms with van der Waals surface area (Å²) in [6.07, 6.45) is 4.88. The summed E-state index contributed by atoms with van der Waals surface area (Å²) in [6.45, 7) is 2.47. The number of hydrogen-bond acceptors (Lipinski definition) is 4. The van der Waals surface area contributed by atoms with Crippen molar-refractivity contribution >= 4 is 11.6 Å². The van der Waals surface area contributed by atoms with Crippen LogP contribution >= 0.6 is 0 Å². The monoisotopic (exact) mass is 335 g/mol. The molecule has 3 rings (SSSR count). The van der Waals surface area contributed by atoms with Crippen LogP contribution in [0.3, 0.4) is 0 Å². The zero-order valence-corrected chi connectivity index (χ0v) is 13.7. The van der Waals surface area contributed by atoms with E-state index in [2.05, 4.69) is 15.3 Å². The molecular formula is C19H17N3O3. The number of nitrogens with zero attached hydrogens (tertiary/aromatic N) is 1. The molecule has 0 unspecified atom stereocenters. The van der Waals surface area contributed by atoms with Gasteiger partial charge < -0.3 is 15.0 Å². The molecule has 0 bridgehead atoms. The Labute approximate surface area is 144 Å². The second kappa shape index (κ2) is 7.44. The van der Waals surface area contributed by atoms with Crippen molar-refractivity contribution in [2.45, 2.75) is 6.92 Å². The van der Waals surface area contributed by atoms with Crippen molar-refractivity contribution in [2.75, 3.05) is 11.9 Å². The lowest BCUT2D eigenvalue weighted by molar-refractivity contribution is 0.102. The number of hydrogen-bond donors (Lipinski definition) is 2. The van der Waals surface area contributed by atoms with Crippen LogP contribution in [0.2, 0.25) is 0 Å². The minimum Gasteiger partial charge on any atom is -0.494 e. The van der Waals surface area contributed by atoms with Crippen molar-refractivity contribution in [3.05, 3.63) is 77.0 Å². The van der Waals surface area contributed by atoms with Gasteiger partial charge in [-0.05, 0) is 60.5 Å². The molecular weight excluding hydrogens is 318 g/mol. The lowest BCUT2D eigenvalue weighted by Gasteiger charge is -2.08. The van der Waals surface area contributed by atoms with Gasteiger partial charge in [0.2, 0.25) is 0 Å². The van der Waals surface area contributed by atoms with Gasteiger partial charge in [0, 0.05) is 24.3 Å². The van der Waals surface area contributed by atoms with E-state index < -0.39 is 11.5 Å². The number of anilines is 1. The second-order valence-electron chi connectivity index (χ2n) is 5.28. The number of ether oxygens (including phenoxy) is 1. The predicted molar refractivity (Wildman–Crippen MR) is 95.9 cm³/mol. The highest BCUT2D eigenvalue weighted by molar-refractivity contribution is 6.04. The van der Waals surface area contributed by atoms with E-state index in [0.29, 0.717) is 12.3 Å². The van der Waals surface area contributed by atoms with Crippen LogP contribution in [0.25, 0.3) is 11.1 Å². The minimum absolute atomic E-state index is 0.0446. The van der Waals surface area contributed by atoms with Crippen molar-refractivity contribution in [1.29, 1.82) is 0 Å². The van der Waals surface area contributed by atoms with Crippen LogP contribution in [0.4, 0.5) is 5.69 Å². The molecule has 0 saturated heterocycles. The first-order valence-electron chi connectivity index (χ1n) is 7.84. The Balaban J connectivity index is 1.83. The van der Waals surface area contributed by atoms with Crippen LogP contribution in [0.15, 0.2) is 65.8 Å². The van der Waals surface area contributed by atoms with Gasteiger partial charge >= 0.3 is 0 Å². The molecule has 0 saturated carbocycles. The van der Waals surface area contributed by atoms with Gasteiger partial charge in [-0.1, -0.05) is 0 Å². The van der Waals surface area contributed by atoms with E-state index in [0.717, 1.165) is 16.9 Å². The summed E-state index contributed by atoms with van der Waals surface area (Å²) < 4.78 is 5.36. The lowest BCUT2D eigenvalue weighted by Crippen LogP contribution is -2.22. The number of pyridine rings is 2. The molecule has 0 fully saturated rings. The van der Waals surface area contributed by atoms with Gasteiger partial charge in [-0.25, -0.2) is 0 Å². The first kappa shape index (κ1) is 16.4. The van der Waals surface area contributed by atoms with E-state index in [1.165, 1.54) is 0 Å². The summed E-state index contributed by atoms with van der Waals surface area (Å²) in [7, 11) is 0. The van der Waals surface area contributed by atoms with Crippen LogP contribution in [-0.2, 0) is 0 Å². The van der Waals surface area contributed by atoms with Crippen molar-refractivity contribution < 1.29 is 9.53 Å². The topological polar surface area (TPSA) is 84.1 Å². The Kier molecular flexibility index (Phi) is 4.89. The van der Waals surface area contributed by atoms with Gasteiger partial charge in [0.15, 0.2) is 0 Å². The maximum Gasteiger partial charge on any atom is 0.261 e. The average molecular weight is 335 g/mol. The van der Waals surface area contributed by atoms with Gasteiger partial charge in [0.25, 0.3) is 11.5 Å². The van der Waals surface area contributed by atoms with Crippen molar-refractivity contribution in [1.82, 2.24) is 9.97 Å². The average Bonchev–Trinajstić information content (AvgIpc) is 2.64. The Bertz CT molecular complexity index is 919. The van der Waals surface area contributed by atoms with E-state index in [1.807, 2.05) is 19.1 Å². The molecule has 3 aromatic rings. The molecule has 0 aliphatic rings. The van der Waals surface area contributed by atoms with Crippen LogP contribution < -0.4 is 15.6 Å². The second-order valence-corrected chi connectivity index (χ2v) is 5.28. The SMILES string of the molecule is CCOc1ccc(NC(=O)c2cc(-c3ccncc3)c[nH]c2=O)cc1. The number of carbonyl (C=O) groups excluding carboxylic acids is 1. The summed E-state index contributed by atoms with van der Waals surface area (Å²) in [6, 6.07) is 12.2. The van der Waals surface area contributed by atoms with Gasteiger partial charge in [-0.2, -0.15) is 0 Å². The van der Waals surface area contributed by atoms with E-state index in [9.17, 15) is 9.59 Å². The molecule has 6 nitrogen and oxygen atoms in total. The molecule has 2 heterocycles. The summed E-state index contributed by atoms with van der Waals surface area (Å²) in [5.41, 5.74) is 1.78. The Morgan fingerprint density at radius 3 is 2.52 bits per heavy atom. The van der Waals surface area contributed by atoms with E-state index >= 15 is 0 Å². The molecule has 0 spiro atoms. The third-order valence-electron chi connectivity index (χ3n) is 3.58. The van der Waals surface area contributed by atoms with Crippen LogP contribution in [-0.4, -0.2) is 22.5 Å². The maximum absolute atomic E-state index is 12.5. The molecule has 1 amide bonds. The molecule has 0 radical (unpaired) electrons. The maximum atomic E-state index is 12.5. The van der Waals surface area contributed by atoms with Crippen LogP contribution in [0.5, 0.6) is 5.75 Å². The zero-order chi connectivity index (χ0) is 17.6. The third-order valence-corrected chi connectivity index (χ3v) is 3.58. The molecule has 1 aromatic carbocycles. The third kappa shape index (κ3) is 3.92. The number of carbonyl (C=O) groups is 1. The number of aromatic amines is 1. The van der Waals surface area contributed by atoms with E-state index in [-0.39, 0.29) is 5.56 Å². The first-order chi connectivity index (χ1) is 12.2. The molecule has 2 aromatic heterocycles. The Morgan fingerprint density at radius 2 is 1.84 bits per heavy atom. The van der Waals surface area contributed by atoms with E-state index in [1.54, 1.807) is 48.9 Å². The predicted octanol–water partition coefficient (Wildman–Crippen LogP) is 3.09. The van der Waals surface area contributed by atoms with Gasteiger partial charge in [-0.3, -0.25) is 14.6 Å². The molecule has 6 heteroatoms. The Morgan fingerprint density at radius 1 is 1.12 bits per heavy atom. The number of benzene rings is 1. The largest absolute Gasteiger partial charge is 0.494 e. The fraction of sp³-hybridized carbons (Fsp3) is 0.105. The molecule has 2 N–H and O–H groups in total. The standard InChI is InChI=1S/C19H17N3O3/c1-2-25-16-5-3-15(4-6-16)22-19(24)17-11-14(12-21-18(17)23)13-7-9-20-10-8-13/h3-12H,2H2,1H3,(H,21,23)(H,22,24). The number of H-pyrrole nitrogens is 1. The number of amides is 1. The van der Waals surface area contributed by atoms with Gasteiger partial charge in [0.1, 0.15) is 11.3 Å². The van der Waals surface area contributed by atoms with E-state index in [4.69, 9.17) is 4.74 Å². The molecule has 126 valence electrons. The highest BCUT2D eigenvalue weighted by Gasteiger charge is 2.12. The minimum atomic E-state index is -0.471. The summed E-state index contributed by atoms with van der Waals surface area (Å²) in [4.78, 5) is 31.0. The smallest absolute Gasteiger partial charge is 0.261 e. The zero-order valence-electron chi connectivity index (χ0n) is 13.7. The summed E-state index contributed by atoms with van der Waals surface area (Å²) in [5.74, 6) is 0.249. The molecule has 0 aliphatic carbocycles.